The number of anilines is 2. The van der Waals surface area contributed by atoms with Gasteiger partial charge in [0.05, 0.1) is 0 Å². The minimum atomic E-state index is 0.774. The Balaban J connectivity index is 1.84. The molecule has 1 aromatic rings. The Morgan fingerprint density at radius 2 is 2.44 bits per heavy atom. The van der Waals surface area contributed by atoms with Gasteiger partial charge in [-0.15, -0.1) is 0 Å². The van der Waals surface area contributed by atoms with Crippen LogP contribution in [0.1, 0.15) is 6.42 Å². The average Bonchev–Trinajstić information content (AvgIpc) is 2.73. The Kier molecular flexibility index (Phi) is 3.62. The van der Waals surface area contributed by atoms with Gasteiger partial charge in [-0.05, 0) is 32.0 Å². The van der Waals surface area contributed by atoms with Crippen molar-refractivity contribution in [2.24, 2.45) is 5.92 Å². The smallest absolute Gasteiger partial charge is 0.127 e. The van der Waals surface area contributed by atoms with Crippen molar-refractivity contribution in [2.75, 3.05) is 44.4 Å². The molecule has 1 fully saturated rings. The molecule has 88 valence electrons. The van der Waals surface area contributed by atoms with Gasteiger partial charge >= 0.3 is 0 Å². The maximum atomic E-state index is 4.19. The second-order valence-corrected chi connectivity index (χ2v) is 4.48. The normalized spacial score (nSPS) is 21.0. The van der Waals surface area contributed by atoms with E-state index in [1.165, 1.54) is 19.5 Å². The summed E-state index contributed by atoms with van der Waals surface area (Å²) in [5.74, 6) is 1.68. The van der Waals surface area contributed by atoms with E-state index in [1.54, 1.807) is 0 Å². The highest BCUT2D eigenvalue weighted by atomic mass is 15.1. The number of hydrogen-bond acceptors (Lipinski definition) is 4. The van der Waals surface area contributed by atoms with Crippen molar-refractivity contribution in [1.29, 1.82) is 0 Å². The lowest BCUT2D eigenvalue weighted by Crippen LogP contribution is -2.19. The fourth-order valence-electron chi connectivity index (χ4n) is 2.13. The Morgan fingerprint density at radius 1 is 1.56 bits per heavy atom. The highest BCUT2D eigenvalue weighted by Gasteiger charge is 2.18. The Labute approximate surface area is 97.1 Å². The standard InChI is InChI=1S/C12H20N4/c1-13-12-7-11(3-5-14-12)15-8-10-4-6-16(2)9-10/h3,5,7,10H,4,6,8-9H2,1-2H3,(H2,13,14,15). The van der Waals surface area contributed by atoms with Gasteiger partial charge in [0.15, 0.2) is 0 Å². The Morgan fingerprint density at radius 3 is 3.12 bits per heavy atom. The number of aromatic nitrogens is 1. The highest BCUT2D eigenvalue weighted by molar-refractivity contribution is 5.51. The lowest BCUT2D eigenvalue weighted by atomic mass is 10.1. The molecule has 1 aliphatic rings. The Hall–Kier alpha value is -1.29. The molecule has 16 heavy (non-hydrogen) atoms. The van der Waals surface area contributed by atoms with Crippen LogP contribution in [0.15, 0.2) is 18.3 Å². The molecule has 4 nitrogen and oxygen atoms in total. The molecule has 0 bridgehead atoms. The van der Waals surface area contributed by atoms with Crippen LogP contribution in [0.5, 0.6) is 0 Å². The molecular formula is C12H20N4. The summed E-state index contributed by atoms with van der Waals surface area (Å²) < 4.78 is 0. The van der Waals surface area contributed by atoms with Gasteiger partial charge in [0.1, 0.15) is 5.82 Å². The van der Waals surface area contributed by atoms with Gasteiger partial charge in [-0.1, -0.05) is 0 Å². The predicted molar refractivity (Wildman–Crippen MR) is 67.9 cm³/mol. The minimum absolute atomic E-state index is 0.774. The molecule has 0 aliphatic carbocycles. The van der Waals surface area contributed by atoms with Crippen LogP contribution in [-0.4, -0.2) is 43.6 Å². The summed E-state index contributed by atoms with van der Waals surface area (Å²) in [7, 11) is 4.07. The minimum Gasteiger partial charge on any atom is -0.385 e. The van der Waals surface area contributed by atoms with Gasteiger partial charge in [-0.3, -0.25) is 0 Å². The van der Waals surface area contributed by atoms with E-state index in [2.05, 4.69) is 27.6 Å². The maximum absolute atomic E-state index is 4.19. The van der Waals surface area contributed by atoms with E-state index in [0.29, 0.717) is 0 Å². The van der Waals surface area contributed by atoms with Crippen molar-refractivity contribution in [3.8, 4) is 0 Å². The zero-order valence-corrected chi connectivity index (χ0v) is 10.0. The van der Waals surface area contributed by atoms with Crippen molar-refractivity contribution in [3.05, 3.63) is 18.3 Å². The molecule has 4 heteroatoms. The number of nitrogens with one attached hydrogen (secondary N) is 2. The lowest BCUT2D eigenvalue weighted by Gasteiger charge is -2.13. The van der Waals surface area contributed by atoms with E-state index < -0.39 is 0 Å². The van der Waals surface area contributed by atoms with E-state index in [-0.39, 0.29) is 0 Å². The van der Waals surface area contributed by atoms with Crippen molar-refractivity contribution in [3.63, 3.8) is 0 Å². The topological polar surface area (TPSA) is 40.2 Å². The van der Waals surface area contributed by atoms with Gasteiger partial charge in [-0.2, -0.15) is 0 Å². The fourth-order valence-corrected chi connectivity index (χ4v) is 2.13. The molecule has 0 saturated carbocycles. The largest absolute Gasteiger partial charge is 0.385 e. The summed E-state index contributed by atoms with van der Waals surface area (Å²) in [5, 5.41) is 6.52. The zero-order chi connectivity index (χ0) is 11.4. The summed E-state index contributed by atoms with van der Waals surface area (Å²) in [6, 6.07) is 4.05. The van der Waals surface area contributed by atoms with Gasteiger partial charge in [0.25, 0.3) is 0 Å². The number of pyridine rings is 1. The van der Waals surface area contributed by atoms with Crippen LogP contribution in [0.3, 0.4) is 0 Å². The van der Waals surface area contributed by atoms with E-state index in [4.69, 9.17) is 0 Å². The molecule has 2 rings (SSSR count). The quantitative estimate of drug-likeness (QED) is 0.806. The van der Waals surface area contributed by atoms with Crippen molar-refractivity contribution < 1.29 is 0 Å². The third-order valence-corrected chi connectivity index (χ3v) is 3.10. The van der Waals surface area contributed by atoms with Gasteiger partial charge in [0, 0.05) is 38.1 Å². The Bertz CT molecular complexity index is 340. The molecule has 1 aromatic heterocycles. The first-order valence-corrected chi connectivity index (χ1v) is 5.84. The summed E-state index contributed by atoms with van der Waals surface area (Å²) in [6.45, 7) is 3.49. The van der Waals surface area contributed by atoms with Crippen LogP contribution in [0, 0.1) is 5.92 Å². The second-order valence-electron chi connectivity index (χ2n) is 4.48. The number of rotatable bonds is 4. The lowest BCUT2D eigenvalue weighted by molar-refractivity contribution is 0.399. The first-order valence-electron chi connectivity index (χ1n) is 5.84. The van der Waals surface area contributed by atoms with Crippen molar-refractivity contribution in [1.82, 2.24) is 9.88 Å². The molecule has 2 N–H and O–H groups in total. The first kappa shape index (κ1) is 11.2. The molecular weight excluding hydrogens is 200 g/mol. The molecule has 1 unspecified atom stereocenters. The molecule has 1 atom stereocenters. The van der Waals surface area contributed by atoms with Crippen LogP contribution in [0.2, 0.25) is 0 Å². The monoisotopic (exact) mass is 220 g/mol. The maximum Gasteiger partial charge on any atom is 0.127 e. The SMILES string of the molecule is CNc1cc(NCC2CCN(C)C2)ccn1. The van der Waals surface area contributed by atoms with Crippen molar-refractivity contribution >= 4 is 11.5 Å². The molecule has 0 amide bonds. The van der Waals surface area contributed by atoms with Crippen LogP contribution < -0.4 is 10.6 Å². The van der Waals surface area contributed by atoms with Crippen LogP contribution in [-0.2, 0) is 0 Å². The van der Waals surface area contributed by atoms with E-state index in [1.807, 2.05) is 25.4 Å². The number of likely N-dealkylation sites (tertiary alicyclic amines) is 1. The predicted octanol–water partition coefficient (Wildman–Crippen LogP) is 1.49. The summed E-state index contributed by atoms with van der Waals surface area (Å²) in [4.78, 5) is 6.58. The summed E-state index contributed by atoms with van der Waals surface area (Å²) >= 11 is 0. The van der Waals surface area contributed by atoms with Crippen LogP contribution >= 0.6 is 0 Å². The molecule has 0 radical (unpaired) electrons. The third kappa shape index (κ3) is 2.85. The third-order valence-electron chi connectivity index (χ3n) is 3.10. The molecule has 2 heterocycles. The summed E-state index contributed by atoms with van der Waals surface area (Å²) in [6.07, 6.45) is 3.13. The highest BCUT2D eigenvalue weighted by Crippen LogP contribution is 2.16. The molecule has 0 spiro atoms. The van der Waals surface area contributed by atoms with Crippen LogP contribution in [0.25, 0.3) is 0 Å². The van der Waals surface area contributed by atoms with E-state index in [0.717, 1.165) is 24.0 Å². The number of hydrogen-bond donors (Lipinski definition) is 2. The number of nitrogens with zero attached hydrogens (tertiary/aromatic N) is 2. The molecule has 1 saturated heterocycles. The summed E-state index contributed by atoms with van der Waals surface area (Å²) in [5.41, 5.74) is 1.15. The van der Waals surface area contributed by atoms with E-state index in [9.17, 15) is 0 Å². The first-order chi connectivity index (χ1) is 7.78. The van der Waals surface area contributed by atoms with Crippen LogP contribution in [0.4, 0.5) is 11.5 Å². The zero-order valence-electron chi connectivity index (χ0n) is 10.0. The fraction of sp³-hybridized carbons (Fsp3) is 0.583. The molecule has 1 aliphatic heterocycles. The van der Waals surface area contributed by atoms with Crippen molar-refractivity contribution in [2.45, 2.75) is 6.42 Å². The van der Waals surface area contributed by atoms with E-state index >= 15 is 0 Å². The van der Waals surface area contributed by atoms with Gasteiger partial charge in [0.2, 0.25) is 0 Å². The van der Waals surface area contributed by atoms with Gasteiger partial charge < -0.3 is 15.5 Å². The molecule has 0 aromatic carbocycles. The second kappa shape index (κ2) is 5.16. The average molecular weight is 220 g/mol. The van der Waals surface area contributed by atoms with Gasteiger partial charge in [-0.25, -0.2) is 4.98 Å².